The van der Waals surface area contributed by atoms with E-state index in [-0.39, 0.29) is 0 Å². The molecule has 1 unspecified atom stereocenters. The molecule has 1 rings (SSSR count). The third-order valence-electron chi connectivity index (χ3n) is 4.42. The molecule has 3 heteroatoms. The van der Waals surface area contributed by atoms with Crippen molar-refractivity contribution in [2.24, 2.45) is 17.6 Å². The van der Waals surface area contributed by atoms with E-state index < -0.39 is 0 Å². The molecule has 0 radical (unpaired) electrons. The van der Waals surface area contributed by atoms with E-state index in [4.69, 9.17) is 5.73 Å². The summed E-state index contributed by atoms with van der Waals surface area (Å²) in [6.45, 7) is 7.79. The molecule has 1 saturated carbocycles. The van der Waals surface area contributed by atoms with Crippen molar-refractivity contribution in [2.45, 2.75) is 45.2 Å². The molecule has 0 bridgehead atoms. The maximum Gasteiger partial charge on any atom is 0.0337 e. The zero-order valence-electron chi connectivity index (χ0n) is 11.5. The van der Waals surface area contributed by atoms with Gasteiger partial charge in [-0.25, -0.2) is 0 Å². The number of hydrogen-bond acceptors (Lipinski definition) is 3. The van der Waals surface area contributed by atoms with Crippen molar-refractivity contribution in [3.05, 3.63) is 0 Å². The molecule has 2 N–H and O–H groups in total. The van der Waals surface area contributed by atoms with Gasteiger partial charge in [0.1, 0.15) is 0 Å². The van der Waals surface area contributed by atoms with Gasteiger partial charge in [0.05, 0.1) is 0 Å². The maximum absolute atomic E-state index is 6.02. The van der Waals surface area contributed by atoms with Crippen LogP contribution in [-0.4, -0.2) is 42.1 Å². The van der Waals surface area contributed by atoms with Gasteiger partial charge in [-0.1, -0.05) is 13.8 Å². The van der Waals surface area contributed by atoms with Gasteiger partial charge >= 0.3 is 0 Å². The molecule has 0 aromatic heterocycles. The first-order valence-electron chi connectivity index (χ1n) is 6.38. The summed E-state index contributed by atoms with van der Waals surface area (Å²) in [7, 11) is 2.25. The molecule has 2 nitrogen and oxygen atoms in total. The highest BCUT2D eigenvalue weighted by Crippen LogP contribution is 2.45. The zero-order chi connectivity index (χ0) is 12.3. The largest absolute Gasteiger partial charge is 0.329 e. The smallest absolute Gasteiger partial charge is 0.0337 e. The predicted molar refractivity (Wildman–Crippen MR) is 75.0 cm³/mol. The van der Waals surface area contributed by atoms with Crippen LogP contribution < -0.4 is 5.73 Å². The summed E-state index contributed by atoms with van der Waals surface area (Å²) in [6.07, 6.45) is 4.75. The quantitative estimate of drug-likeness (QED) is 0.778. The molecule has 0 spiro atoms. The Morgan fingerprint density at radius 2 is 1.94 bits per heavy atom. The van der Waals surface area contributed by atoms with Gasteiger partial charge in [-0.15, -0.1) is 0 Å². The maximum atomic E-state index is 6.02. The predicted octanol–water partition coefficient (Wildman–Crippen LogP) is 2.43. The Bertz CT molecular complexity index is 212. The fraction of sp³-hybridized carbons (Fsp3) is 1.00. The summed E-state index contributed by atoms with van der Waals surface area (Å²) in [5.41, 5.74) is 6.31. The highest BCUT2D eigenvalue weighted by molar-refractivity contribution is 7.98. The van der Waals surface area contributed by atoms with Gasteiger partial charge in [0, 0.05) is 23.9 Å². The van der Waals surface area contributed by atoms with E-state index in [2.05, 4.69) is 39.0 Å². The standard InChI is InChI=1S/C13H28N2S/c1-10(2)12-6-13(7-12,9-14)15(4)11(3)8-16-5/h10-12H,6-9,14H2,1-5H3. The number of nitrogens with two attached hydrogens (primary N) is 1. The lowest BCUT2D eigenvalue weighted by Gasteiger charge is -2.56. The molecule has 0 aromatic rings. The summed E-state index contributed by atoms with van der Waals surface area (Å²) in [5.74, 6) is 2.89. The number of rotatable bonds is 6. The van der Waals surface area contributed by atoms with Gasteiger partial charge in [0.15, 0.2) is 0 Å². The van der Waals surface area contributed by atoms with E-state index in [0.717, 1.165) is 18.4 Å². The minimum absolute atomic E-state index is 0.296. The number of hydrogen-bond donors (Lipinski definition) is 1. The van der Waals surface area contributed by atoms with Crippen LogP contribution in [0.25, 0.3) is 0 Å². The number of nitrogens with zero attached hydrogens (tertiary/aromatic N) is 1. The van der Waals surface area contributed by atoms with Crippen LogP contribution in [-0.2, 0) is 0 Å². The molecule has 0 aromatic carbocycles. The highest BCUT2D eigenvalue weighted by Gasteiger charge is 2.47. The highest BCUT2D eigenvalue weighted by atomic mass is 32.2. The van der Waals surface area contributed by atoms with Crippen LogP contribution in [0.4, 0.5) is 0 Å². The summed E-state index contributed by atoms with van der Waals surface area (Å²) < 4.78 is 0. The average molecular weight is 244 g/mol. The SMILES string of the molecule is CSCC(C)N(C)C1(CN)CC(C(C)C)C1. The Balaban J connectivity index is 2.55. The zero-order valence-corrected chi connectivity index (χ0v) is 12.3. The summed E-state index contributed by atoms with van der Waals surface area (Å²) in [6, 6.07) is 0.631. The normalized spacial score (nSPS) is 31.9. The lowest BCUT2D eigenvalue weighted by atomic mass is 9.63. The van der Waals surface area contributed by atoms with Crippen molar-refractivity contribution < 1.29 is 0 Å². The summed E-state index contributed by atoms with van der Waals surface area (Å²) in [4.78, 5) is 2.53. The molecule has 0 amide bonds. The Morgan fingerprint density at radius 3 is 2.31 bits per heavy atom. The molecule has 1 aliphatic carbocycles. The van der Waals surface area contributed by atoms with Gasteiger partial charge < -0.3 is 5.73 Å². The minimum Gasteiger partial charge on any atom is -0.329 e. The molecular weight excluding hydrogens is 216 g/mol. The Kier molecular flexibility index (Phi) is 5.14. The summed E-state index contributed by atoms with van der Waals surface area (Å²) >= 11 is 1.92. The lowest BCUT2D eigenvalue weighted by Crippen LogP contribution is -2.63. The van der Waals surface area contributed by atoms with E-state index in [1.807, 2.05) is 11.8 Å². The molecule has 1 aliphatic rings. The topological polar surface area (TPSA) is 29.3 Å². The van der Waals surface area contributed by atoms with Gasteiger partial charge in [0.25, 0.3) is 0 Å². The Morgan fingerprint density at radius 1 is 1.38 bits per heavy atom. The van der Waals surface area contributed by atoms with Crippen LogP contribution in [0, 0.1) is 11.8 Å². The minimum atomic E-state index is 0.296. The molecule has 1 atom stereocenters. The molecule has 96 valence electrons. The summed E-state index contributed by atoms with van der Waals surface area (Å²) in [5, 5.41) is 0. The lowest BCUT2D eigenvalue weighted by molar-refractivity contribution is -0.0348. The third kappa shape index (κ3) is 2.74. The van der Waals surface area contributed by atoms with Gasteiger partial charge in [0.2, 0.25) is 0 Å². The fourth-order valence-corrected chi connectivity index (χ4v) is 3.51. The van der Waals surface area contributed by atoms with Crippen LogP contribution in [0.1, 0.15) is 33.6 Å². The molecular formula is C13H28N2S. The first kappa shape index (κ1) is 14.3. The van der Waals surface area contributed by atoms with E-state index in [9.17, 15) is 0 Å². The molecule has 0 saturated heterocycles. The number of thioether (sulfide) groups is 1. The molecule has 0 heterocycles. The average Bonchev–Trinajstić information content (AvgIpc) is 2.16. The molecule has 0 aliphatic heterocycles. The van der Waals surface area contributed by atoms with Crippen molar-refractivity contribution in [3.8, 4) is 0 Å². The van der Waals surface area contributed by atoms with Gasteiger partial charge in [-0.3, -0.25) is 4.90 Å². The second-order valence-corrected chi connectivity index (χ2v) is 6.67. The molecule has 1 fully saturated rings. The van der Waals surface area contributed by atoms with E-state index in [1.54, 1.807) is 0 Å². The van der Waals surface area contributed by atoms with Crippen LogP contribution in [0.5, 0.6) is 0 Å². The van der Waals surface area contributed by atoms with Crippen LogP contribution in [0.2, 0.25) is 0 Å². The van der Waals surface area contributed by atoms with Crippen molar-refractivity contribution in [1.82, 2.24) is 4.90 Å². The van der Waals surface area contributed by atoms with Crippen molar-refractivity contribution in [2.75, 3.05) is 25.6 Å². The van der Waals surface area contributed by atoms with E-state index in [1.165, 1.54) is 18.6 Å². The fourth-order valence-electron chi connectivity index (χ4n) is 2.81. The van der Waals surface area contributed by atoms with Crippen LogP contribution >= 0.6 is 11.8 Å². The Hall–Kier alpha value is 0.270. The van der Waals surface area contributed by atoms with Crippen molar-refractivity contribution in [1.29, 1.82) is 0 Å². The van der Waals surface area contributed by atoms with Gasteiger partial charge in [-0.2, -0.15) is 11.8 Å². The second-order valence-electron chi connectivity index (χ2n) is 5.76. The second kappa shape index (κ2) is 5.74. The van der Waals surface area contributed by atoms with E-state index in [0.29, 0.717) is 11.6 Å². The third-order valence-corrected chi connectivity index (χ3v) is 5.24. The number of likely N-dealkylation sites (N-methyl/N-ethyl adjacent to an activating group) is 1. The first-order valence-corrected chi connectivity index (χ1v) is 7.78. The van der Waals surface area contributed by atoms with Crippen LogP contribution in [0.15, 0.2) is 0 Å². The van der Waals surface area contributed by atoms with Crippen LogP contribution in [0.3, 0.4) is 0 Å². The Labute approximate surface area is 105 Å². The first-order chi connectivity index (χ1) is 7.46. The van der Waals surface area contributed by atoms with Gasteiger partial charge in [-0.05, 0) is 44.9 Å². The monoisotopic (exact) mass is 244 g/mol. The van der Waals surface area contributed by atoms with Crippen molar-refractivity contribution >= 4 is 11.8 Å². The van der Waals surface area contributed by atoms with E-state index >= 15 is 0 Å². The van der Waals surface area contributed by atoms with Crippen molar-refractivity contribution in [3.63, 3.8) is 0 Å². The molecule has 16 heavy (non-hydrogen) atoms.